The number of aromatic nitrogens is 1. The van der Waals surface area contributed by atoms with E-state index in [4.69, 9.17) is 0 Å². The van der Waals surface area contributed by atoms with E-state index in [1.54, 1.807) is 48.8 Å². The average molecular weight is 307 g/mol. The van der Waals surface area contributed by atoms with Gasteiger partial charge in [0.15, 0.2) is 0 Å². The molecule has 0 aliphatic carbocycles. The maximum atomic E-state index is 12.9. The summed E-state index contributed by atoms with van der Waals surface area (Å²) in [5, 5.41) is 0. The Morgan fingerprint density at radius 3 is 2.57 bits per heavy atom. The fourth-order valence-corrected chi connectivity index (χ4v) is 2.56. The summed E-state index contributed by atoms with van der Waals surface area (Å²) < 4.78 is 0. The summed E-state index contributed by atoms with van der Waals surface area (Å²) in [7, 11) is 0. The smallest absolute Gasteiger partial charge is 0.266 e. The van der Waals surface area contributed by atoms with E-state index >= 15 is 0 Å². The van der Waals surface area contributed by atoms with Crippen molar-refractivity contribution < 1.29 is 9.59 Å². The molecule has 0 fully saturated rings. The molecule has 2 heterocycles. The fourth-order valence-electron chi connectivity index (χ4n) is 2.56. The molecule has 23 heavy (non-hydrogen) atoms. The van der Waals surface area contributed by atoms with E-state index in [9.17, 15) is 9.59 Å². The lowest BCUT2D eigenvalue weighted by molar-refractivity contribution is -0.118. The number of imide groups is 1. The SMILES string of the molecule is CC(C)N=CC1C(=O)N(c2ccccn2)C(=O)c2ccccc21. The lowest BCUT2D eigenvalue weighted by Crippen LogP contribution is -2.46. The number of fused-ring (bicyclic) bond motifs is 1. The van der Waals surface area contributed by atoms with E-state index in [0.717, 1.165) is 4.90 Å². The highest BCUT2D eigenvalue weighted by Gasteiger charge is 2.39. The lowest BCUT2D eigenvalue weighted by Gasteiger charge is -2.30. The van der Waals surface area contributed by atoms with Crippen LogP contribution < -0.4 is 4.90 Å². The number of carbonyl (C=O) groups is 2. The van der Waals surface area contributed by atoms with E-state index in [0.29, 0.717) is 16.9 Å². The quantitative estimate of drug-likeness (QED) is 0.647. The van der Waals surface area contributed by atoms with Gasteiger partial charge in [-0.15, -0.1) is 0 Å². The van der Waals surface area contributed by atoms with Crippen molar-refractivity contribution in [2.75, 3.05) is 4.90 Å². The van der Waals surface area contributed by atoms with E-state index in [1.807, 2.05) is 19.9 Å². The third-order valence-electron chi connectivity index (χ3n) is 3.63. The highest BCUT2D eigenvalue weighted by molar-refractivity contribution is 6.28. The van der Waals surface area contributed by atoms with Crippen LogP contribution in [0.2, 0.25) is 0 Å². The first-order valence-corrected chi connectivity index (χ1v) is 7.51. The second-order valence-corrected chi connectivity index (χ2v) is 5.62. The zero-order valence-corrected chi connectivity index (χ0v) is 13.0. The van der Waals surface area contributed by atoms with E-state index in [2.05, 4.69) is 9.98 Å². The summed E-state index contributed by atoms with van der Waals surface area (Å²) >= 11 is 0. The molecule has 1 aliphatic rings. The van der Waals surface area contributed by atoms with E-state index in [-0.39, 0.29) is 17.9 Å². The molecule has 2 aromatic rings. The van der Waals surface area contributed by atoms with Crippen LogP contribution in [0.1, 0.15) is 35.7 Å². The minimum atomic E-state index is -0.576. The zero-order valence-electron chi connectivity index (χ0n) is 13.0. The summed E-state index contributed by atoms with van der Waals surface area (Å²) in [5.41, 5.74) is 1.21. The number of anilines is 1. The maximum Gasteiger partial charge on any atom is 0.266 e. The predicted octanol–water partition coefficient (Wildman–Crippen LogP) is 2.83. The molecule has 116 valence electrons. The molecule has 0 bridgehead atoms. The number of carbonyl (C=O) groups excluding carboxylic acids is 2. The van der Waals surface area contributed by atoms with Crippen molar-refractivity contribution in [3.63, 3.8) is 0 Å². The van der Waals surface area contributed by atoms with Gasteiger partial charge in [0.2, 0.25) is 5.91 Å². The summed E-state index contributed by atoms with van der Waals surface area (Å²) in [6.07, 6.45) is 3.20. The molecule has 1 aromatic heterocycles. The van der Waals surface area contributed by atoms with Gasteiger partial charge in [0.05, 0.1) is 5.92 Å². The van der Waals surface area contributed by atoms with Gasteiger partial charge < -0.3 is 0 Å². The second kappa shape index (κ2) is 6.12. The summed E-state index contributed by atoms with van der Waals surface area (Å²) in [6, 6.07) is 12.4. The summed E-state index contributed by atoms with van der Waals surface area (Å²) in [4.78, 5) is 35.2. The number of benzene rings is 1. The minimum Gasteiger partial charge on any atom is -0.294 e. The summed E-state index contributed by atoms with van der Waals surface area (Å²) in [6.45, 7) is 3.88. The first kappa shape index (κ1) is 15.1. The molecule has 0 saturated heterocycles. The molecule has 0 saturated carbocycles. The first-order valence-electron chi connectivity index (χ1n) is 7.51. The van der Waals surface area contributed by atoms with Gasteiger partial charge in [-0.1, -0.05) is 24.3 Å². The standard InChI is InChI=1S/C18H17N3O2/c1-12(2)20-11-15-13-7-3-4-8-14(13)17(22)21(18(15)23)16-9-5-6-10-19-16/h3-12,15H,1-2H3. The van der Waals surface area contributed by atoms with Crippen LogP contribution in [0.3, 0.4) is 0 Å². The highest BCUT2D eigenvalue weighted by Crippen LogP contribution is 2.30. The van der Waals surface area contributed by atoms with Crippen LogP contribution in [0.4, 0.5) is 5.82 Å². The van der Waals surface area contributed by atoms with Crippen LogP contribution in [-0.2, 0) is 4.79 Å². The topological polar surface area (TPSA) is 62.6 Å². The predicted molar refractivity (Wildman–Crippen MR) is 88.9 cm³/mol. The van der Waals surface area contributed by atoms with Crippen molar-refractivity contribution in [1.29, 1.82) is 0 Å². The summed E-state index contributed by atoms with van der Waals surface area (Å²) in [5.74, 6) is -0.913. The Morgan fingerprint density at radius 1 is 1.13 bits per heavy atom. The van der Waals surface area contributed by atoms with Crippen LogP contribution >= 0.6 is 0 Å². The molecular weight excluding hydrogens is 290 g/mol. The lowest BCUT2D eigenvalue weighted by atomic mass is 9.89. The number of aliphatic imine (C=N–C) groups is 1. The maximum absolute atomic E-state index is 12.9. The van der Waals surface area contributed by atoms with Crippen molar-refractivity contribution >= 4 is 23.8 Å². The molecule has 1 unspecified atom stereocenters. The van der Waals surface area contributed by atoms with Gasteiger partial charge in [-0.3, -0.25) is 14.6 Å². The van der Waals surface area contributed by atoms with Gasteiger partial charge in [-0.05, 0) is 37.6 Å². The third kappa shape index (κ3) is 2.77. The normalized spacial score (nSPS) is 17.9. The number of nitrogens with zero attached hydrogens (tertiary/aromatic N) is 3. The Morgan fingerprint density at radius 2 is 1.87 bits per heavy atom. The number of pyridine rings is 1. The Labute approximate surface area is 134 Å². The van der Waals surface area contributed by atoms with E-state index < -0.39 is 5.92 Å². The number of hydrogen-bond acceptors (Lipinski definition) is 4. The molecule has 1 atom stereocenters. The zero-order chi connectivity index (χ0) is 16.4. The highest BCUT2D eigenvalue weighted by atomic mass is 16.2. The van der Waals surface area contributed by atoms with Crippen molar-refractivity contribution in [2.45, 2.75) is 25.8 Å². The van der Waals surface area contributed by atoms with Gasteiger partial charge in [-0.2, -0.15) is 0 Å². The number of rotatable bonds is 3. The van der Waals surface area contributed by atoms with Gasteiger partial charge in [-0.25, -0.2) is 9.88 Å². The Bertz CT molecular complexity index is 769. The molecule has 0 spiro atoms. The Balaban J connectivity index is 2.12. The molecule has 5 nitrogen and oxygen atoms in total. The molecule has 5 heteroatoms. The molecule has 1 aliphatic heterocycles. The Kier molecular flexibility index (Phi) is 4.02. The van der Waals surface area contributed by atoms with Crippen LogP contribution in [0, 0.1) is 0 Å². The van der Waals surface area contributed by atoms with Crippen molar-refractivity contribution in [3.8, 4) is 0 Å². The molecule has 3 rings (SSSR count). The van der Waals surface area contributed by atoms with Crippen LogP contribution in [0.15, 0.2) is 53.7 Å². The fraction of sp³-hybridized carbons (Fsp3) is 0.222. The van der Waals surface area contributed by atoms with Gasteiger partial charge in [0.1, 0.15) is 5.82 Å². The van der Waals surface area contributed by atoms with Gasteiger partial charge >= 0.3 is 0 Å². The molecule has 2 amide bonds. The third-order valence-corrected chi connectivity index (χ3v) is 3.63. The van der Waals surface area contributed by atoms with Crippen molar-refractivity contribution in [1.82, 2.24) is 4.98 Å². The van der Waals surface area contributed by atoms with E-state index in [1.165, 1.54) is 0 Å². The van der Waals surface area contributed by atoms with Crippen molar-refractivity contribution in [2.24, 2.45) is 4.99 Å². The first-order chi connectivity index (χ1) is 11.1. The van der Waals surface area contributed by atoms with Crippen LogP contribution in [0.25, 0.3) is 0 Å². The van der Waals surface area contributed by atoms with Crippen LogP contribution in [0.5, 0.6) is 0 Å². The largest absolute Gasteiger partial charge is 0.294 e. The minimum absolute atomic E-state index is 0.0795. The number of hydrogen-bond donors (Lipinski definition) is 0. The molecular formula is C18H17N3O2. The molecule has 1 aromatic carbocycles. The molecule has 0 N–H and O–H groups in total. The van der Waals surface area contributed by atoms with Crippen molar-refractivity contribution in [3.05, 3.63) is 59.8 Å². The second-order valence-electron chi connectivity index (χ2n) is 5.62. The van der Waals surface area contributed by atoms with Gasteiger partial charge in [0, 0.05) is 24.0 Å². The average Bonchev–Trinajstić information content (AvgIpc) is 2.55. The van der Waals surface area contributed by atoms with Gasteiger partial charge in [0.25, 0.3) is 5.91 Å². The molecule has 0 radical (unpaired) electrons. The Hall–Kier alpha value is -2.82. The monoisotopic (exact) mass is 307 g/mol. The number of amides is 2. The van der Waals surface area contributed by atoms with Crippen LogP contribution in [-0.4, -0.2) is 29.1 Å².